The second-order valence-corrected chi connectivity index (χ2v) is 6.68. The van der Waals surface area contributed by atoms with Crippen molar-refractivity contribution in [1.29, 1.82) is 0 Å². The molecule has 6 N–H and O–H groups in total. The van der Waals surface area contributed by atoms with E-state index in [4.69, 9.17) is 14.3 Å². The highest BCUT2D eigenvalue weighted by atomic mass is 16.6. The van der Waals surface area contributed by atoms with Crippen LogP contribution >= 0.6 is 0 Å². The topological polar surface area (TPSA) is 148 Å². The van der Waals surface area contributed by atoms with E-state index in [2.05, 4.69) is 10.3 Å². The molecule has 0 spiro atoms. The quantitative estimate of drug-likeness (QED) is 0.342. The number of fused-ring (bicyclic) bond motifs is 1. The Morgan fingerprint density at radius 1 is 1.11 bits per heavy atom. The summed E-state index contributed by atoms with van der Waals surface area (Å²) in [6.45, 7) is -0.535. The first-order chi connectivity index (χ1) is 13.5. The molecular formula is C19H20N2O7. The van der Waals surface area contributed by atoms with Crippen molar-refractivity contribution < 1.29 is 29.6 Å². The van der Waals surface area contributed by atoms with Crippen molar-refractivity contribution >= 4 is 16.7 Å². The summed E-state index contributed by atoms with van der Waals surface area (Å²) in [5.41, 5.74) is 1.32. The van der Waals surface area contributed by atoms with Crippen LogP contribution in [0.25, 0.3) is 22.2 Å². The molecule has 9 nitrogen and oxygen atoms in total. The van der Waals surface area contributed by atoms with Crippen molar-refractivity contribution in [2.24, 2.45) is 0 Å². The zero-order valence-corrected chi connectivity index (χ0v) is 14.6. The van der Waals surface area contributed by atoms with Gasteiger partial charge in [0.15, 0.2) is 6.29 Å². The number of aliphatic hydroxyl groups excluding tert-OH is 4. The number of ether oxygens (including phenoxy) is 1. The fourth-order valence-electron chi connectivity index (χ4n) is 3.33. The fourth-order valence-corrected chi connectivity index (χ4v) is 3.33. The number of rotatable bonds is 4. The predicted molar refractivity (Wildman–Crippen MR) is 99.7 cm³/mol. The fraction of sp³-hybridized carbons (Fsp3) is 0.316. The molecule has 2 aromatic heterocycles. The first kappa shape index (κ1) is 18.7. The zero-order chi connectivity index (χ0) is 19.8. The van der Waals surface area contributed by atoms with Crippen LogP contribution < -0.4 is 10.9 Å². The van der Waals surface area contributed by atoms with Gasteiger partial charge < -0.3 is 39.9 Å². The molecule has 0 bridgehead atoms. The number of benzene rings is 1. The van der Waals surface area contributed by atoms with Crippen molar-refractivity contribution in [3.63, 3.8) is 0 Å². The molecular weight excluding hydrogens is 368 g/mol. The van der Waals surface area contributed by atoms with Gasteiger partial charge in [-0.25, -0.2) is 4.79 Å². The third kappa shape index (κ3) is 3.30. The van der Waals surface area contributed by atoms with E-state index in [1.54, 1.807) is 42.6 Å². The first-order valence-corrected chi connectivity index (χ1v) is 8.76. The van der Waals surface area contributed by atoms with E-state index in [0.29, 0.717) is 27.9 Å². The van der Waals surface area contributed by atoms with Crippen molar-refractivity contribution in [3.05, 3.63) is 53.0 Å². The molecule has 1 aliphatic heterocycles. The van der Waals surface area contributed by atoms with Gasteiger partial charge in [0.05, 0.1) is 17.9 Å². The van der Waals surface area contributed by atoms with Crippen LogP contribution in [0.1, 0.15) is 0 Å². The maximum atomic E-state index is 12.3. The summed E-state index contributed by atoms with van der Waals surface area (Å²) < 4.78 is 10.5. The number of anilines is 1. The first-order valence-electron chi connectivity index (χ1n) is 8.76. The van der Waals surface area contributed by atoms with Gasteiger partial charge in [0, 0.05) is 23.3 Å². The number of aromatic nitrogens is 1. The van der Waals surface area contributed by atoms with Crippen LogP contribution in [0.5, 0.6) is 0 Å². The Hall–Kier alpha value is -2.69. The second kappa shape index (κ2) is 7.38. The van der Waals surface area contributed by atoms with E-state index in [1.165, 1.54) is 0 Å². The van der Waals surface area contributed by atoms with Gasteiger partial charge in [-0.05, 0) is 30.3 Å². The Balaban J connectivity index is 1.62. The van der Waals surface area contributed by atoms with E-state index in [1.807, 2.05) is 0 Å². The Morgan fingerprint density at radius 2 is 1.93 bits per heavy atom. The van der Waals surface area contributed by atoms with E-state index in [9.17, 15) is 20.1 Å². The highest BCUT2D eigenvalue weighted by molar-refractivity contribution is 5.83. The average molecular weight is 388 g/mol. The van der Waals surface area contributed by atoms with Gasteiger partial charge in [0.1, 0.15) is 29.9 Å². The monoisotopic (exact) mass is 388 g/mol. The number of aromatic amines is 1. The normalized spacial score (nSPS) is 27.8. The summed E-state index contributed by atoms with van der Waals surface area (Å²) in [6.07, 6.45) is -3.56. The largest absolute Gasteiger partial charge is 0.422 e. The highest BCUT2D eigenvalue weighted by Crippen LogP contribution is 2.26. The van der Waals surface area contributed by atoms with Gasteiger partial charge in [-0.2, -0.15) is 0 Å². The third-order valence-corrected chi connectivity index (χ3v) is 4.86. The molecule has 1 aliphatic rings. The molecule has 1 aromatic carbocycles. The van der Waals surface area contributed by atoms with Gasteiger partial charge >= 0.3 is 5.63 Å². The Labute approximate surface area is 158 Å². The van der Waals surface area contributed by atoms with Crippen LogP contribution in [-0.4, -0.2) is 62.7 Å². The molecule has 148 valence electrons. The van der Waals surface area contributed by atoms with Crippen LogP contribution in [0.3, 0.4) is 0 Å². The minimum Gasteiger partial charge on any atom is -0.422 e. The van der Waals surface area contributed by atoms with E-state index in [0.717, 1.165) is 0 Å². The Bertz CT molecular complexity index is 1020. The molecule has 28 heavy (non-hydrogen) atoms. The van der Waals surface area contributed by atoms with Crippen molar-refractivity contribution in [1.82, 2.24) is 4.98 Å². The molecule has 0 amide bonds. The van der Waals surface area contributed by atoms with Crippen molar-refractivity contribution in [2.75, 3.05) is 11.9 Å². The van der Waals surface area contributed by atoms with Gasteiger partial charge in [-0.1, -0.05) is 0 Å². The summed E-state index contributed by atoms with van der Waals surface area (Å²) in [5, 5.41) is 43.0. The molecule has 5 atom stereocenters. The van der Waals surface area contributed by atoms with Crippen molar-refractivity contribution in [3.8, 4) is 11.3 Å². The standard InChI is InChI=1S/C19H20N2O7/c22-8-14-16(23)17(24)15(19(26)28-14)21-10-4-3-9-6-11(12-2-1-5-20-12)18(25)27-13(9)7-10/h1-7,14-17,19-24,26H,8H2/t14?,15?,16-,17-,19?/m0/s1. The highest BCUT2D eigenvalue weighted by Gasteiger charge is 2.43. The second-order valence-electron chi connectivity index (χ2n) is 6.68. The lowest BCUT2D eigenvalue weighted by atomic mass is 9.97. The molecule has 1 fully saturated rings. The van der Waals surface area contributed by atoms with Crippen LogP contribution in [-0.2, 0) is 4.74 Å². The molecule has 3 unspecified atom stereocenters. The minimum absolute atomic E-state index is 0.319. The molecule has 3 aromatic rings. The van der Waals surface area contributed by atoms with Crippen LogP contribution in [0, 0.1) is 0 Å². The summed E-state index contributed by atoms with van der Waals surface area (Å²) in [5.74, 6) is 0. The number of hydrogen-bond acceptors (Lipinski definition) is 8. The third-order valence-electron chi connectivity index (χ3n) is 4.86. The minimum atomic E-state index is -1.45. The Morgan fingerprint density at radius 3 is 2.64 bits per heavy atom. The number of aliphatic hydroxyl groups is 4. The molecule has 0 aliphatic carbocycles. The molecule has 4 rings (SSSR count). The maximum Gasteiger partial charge on any atom is 0.345 e. The summed E-state index contributed by atoms with van der Waals surface area (Å²) in [4.78, 5) is 15.2. The van der Waals surface area contributed by atoms with E-state index < -0.39 is 42.9 Å². The van der Waals surface area contributed by atoms with Gasteiger partial charge in [0.2, 0.25) is 0 Å². The average Bonchev–Trinajstić information content (AvgIpc) is 3.22. The number of H-pyrrole nitrogens is 1. The molecule has 0 radical (unpaired) electrons. The molecule has 9 heteroatoms. The Kier molecular flexibility index (Phi) is 4.92. The lowest BCUT2D eigenvalue weighted by Gasteiger charge is -2.40. The van der Waals surface area contributed by atoms with E-state index in [-0.39, 0.29) is 0 Å². The summed E-state index contributed by atoms with van der Waals surface area (Å²) in [7, 11) is 0. The van der Waals surface area contributed by atoms with E-state index >= 15 is 0 Å². The van der Waals surface area contributed by atoms with Gasteiger partial charge in [-0.3, -0.25) is 0 Å². The lowest BCUT2D eigenvalue weighted by Crippen LogP contribution is -2.61. The van der Waals surface area contributed by atoms with Gasteiger partial charge in [-0.15, -0.1) is 0 Å². The number of hydrogen-bond donors (Lipinski definition) is 6. The van der Waals surface area contributed by atoms with Crippen LogP contribution in [0.15, 0.2) is 51.8 Å². The smallest absolute Gasteiger partial charge is 0.345 e. The summed E-state index contributed by atoms with van der Waals surface area (Å²) >= 11 is 0. The summed E-state index contributed by atoms with van der Waals surface area (Å²) in [6, 6.07) is 9.18. The van der Waals surface area contributed by atoms with Crippen LogP contribution in [0.2, 0.25) is 0 Å². The van der Waals surface area contributed by atoms with Crippen molar-refractivity contribution in [2.45, 2.75) is 30.6 Å². The zero-order valence-electron chi connectivity index (χ0n) is 14.6. The van der Waals surface area contributed by atoms with Gasteiger partial charge in [0.25, 0.3) is 0 Å². The molecule has 3 heterocycles. The SMILES string of the molecule is O=c1oc2cc(NC3C(O)OC(CO)[C@H](O)[C@H]3O)ccc2cc1-c1ccc[nH]1. The maximum absolute atomic E-state index is 12.3. The molecule has 1 saturated heterocycles. The number of nitrogens with one attached hydrogen (secondary N) is 2. The molecule has 0 saturated carbocycles. The van der Waals surface area contributed by atoms with Crippen LogP contribution in [0.4, 0.5) is 5.69 Å². The predicted octanol–water partition coefficient (Wildman–Crippen LogP) is -0.000100. The lowest BCUT2D eigenvalue weighted by molar-refractivity contribution is -0.245.